The van der Waals surface area contributed by atoms with Gasteiger partial charge in [0.05, 0.1) is 12.0 Å². The van der Waals surface area contributed by atoms with E-state index in [0.29, 0.717) is 0 Å². The Bertz CT molecular complexity index is 472. The highest BCUT2D eigenvalue weighted by atomic mass is 16.5. The first kappa shape index (κ1) is 12.5. The van der Waals surface area contributed by atoms with Gasteiger partial charge in [-0.2, -0.15) is 0 Å². The SMILES string of the molecule is CC1(C)[C@H](Oc2ccccc2)C(=O)N2CCCO[C@@H]21. The van der Waals surface area contributed by atoms with Gasteiger partial charge in [-0.1, -0.05) is 32.0 Å². The van der Waals surface area contributed by atoms with Crippen molar-refractivity contribution in [3.8, 4) is 5.75 Å². The lowest BCUT2D eigenvalue weighted by Gasteiger charge is -2.36. The van der Waals surface area contributed by atoms with Crippen LogP contribution in [0.4, 0.5) is 0 Å². The van der Waals surface area contributed by atoms with Crippen molar-refractivity contribution in [3.63, 3.8) is 0 Å². The van der Waals surface area contributed by atoms with Gasteiger partial charge in [0.1, 0.15) is 12.0 Å². The molecule has 1 aromatic carbocycles. The van der Waals surface area contributed by atoms with E-state index in [1.807, 2.05) is 49.1 Å². The van der Waals surface area contributed by atoms with Crippen LogP contribution in [0.15, 0.2) is 30.3 Å². The van der Waals surface area contributed by atoms with Crippen LogP contribution in [0.2, 0.25) is 0 Å². The highest BCUT2D eigenvalue weighted by Gasteiger charge is 2.56. The maximum absolute atomic E-state index is 12.5. The van der Waals surface area contributed by atoms with Crippen molar-refractivity contribution >= 4 is 5.91 Å². The largest absolute Gasteiger partial charge is 0.480 e. The number of carbonyl (C=O) groups excluding carboxylic acids is 1. The van der Waals surface area contributed by atoms with Gasteiger partial charge < -0.3 is 14.4 Å². The highest BCUT2D eigenvalue weighted by Crippen LogP contribution is 2.41. The second-order valence-electron chi connectivity index (χ2n) is 5.74. The minimum atomic E-state index is -0.474. The molecule has 2 aliphatic rings. The molecule has 2 saturated heterocycles. The first-order valence-electron chi connectivity index (χ1n) is 6.74. The first-order valence-corrected chi connectivity index (χ1v) is 6.74. The number of fused-ring (bicyclic) bond motifs is 1. The van der Waals surface area contributed by atoms with Crippen LogP contribution >= 0.6 is 0 Å². The van der Waals surface area contributed by atoms with Crippen molar-refractivity contribution in [3.05, 3.63) is 30.3 Å². The number of carbonyl (C=O) groups is 1. The van der Waals surface area contributed by atoms with Crippen LogP contribution in [0.25, 0.3) is 0 Å². The average molecular weight is 261 g/mol. The molecule has 0 aromatic heterocycles. The van der Waals surface area contributed by atoms with Crippen molar-refractivity contribution in [1.82, 2.24) is 4.90 Å². The van der Waals surface area contributed by atoms with Gasteiger partial charge in [0, 0.05) is 6.54 Å². The summed E-state index contributed by atoms with van der Waals surface area (Å²) in [7, 11) is 0. The Labute approximate surface area is 113 Å². The molecule has 2 atom stereocenters. The predicted molar refractivity (Wildman–Crippen MR) is 70.7 cm³/mol. The molecule has 0 aliphatic carbocycles. The van der Waals surface area contributed by atoms with Crippen LogP contribution in [0, 0.1) is 5.41 Å². The molecule has 19 heavy (non-hydrogen) atoms. The van der Waals surface area contributed by atoms with Crippen LogP contribution in [-0.4, -0.2) is 36.3 Å². The molecule has 3 rings (SSSR count). The van der Waals surface area contributed by atoms with Crippen LogP contribution in [-0.2, 0) is 9.53 Å². The van der Waals surface area contributed by atoms with E-state index < -0.39 is 6.10 Å². The van der Waals surface area contributed by atoms with Crippen LogP contribution < -0.4 is 4.74 Å². The number of hydrogen-bond donors (Lipinski definition) is 0. The number of nitrogens with zero attached hydrogens (tertiary/aromatic N) is 1. The van der Waals surface area contributed by atoms with Crippen LogP contribution in [0.1, 0.15) is 20.3 Å². The molecule has 2 aliphatic heterocycles. The molecule has 1 amide bonds. The molecule has 0 radical (unpaired) electrons. The normalized spacial score (nSPS) is 29.2. The third-order valence-electron chi connectivity index (χ3n) is 3.92. The third-order valence-corrected chi connectivity index (χ3v) is 3.92. The number of ether oxygens (including phenoxy) is 2. The van der Waals surface area contributed by atoms with Gasteiger partial charge in [-0.3, -0.25) is 4.79 Å². The summed E-state index contributed by atoms with van der Waals surface area (Å²) in [6, 6.07) is 9.50. The third kappa shape index (κ3) is 2.00. The average Bonchev–Trinajstić information content (AvgIpc) is 2.62. The number of amides is 1. The molecule has 1 aromatic rings. The lowest BCUT2D eigenvalue weighted by Crippen LogP contribution is -2.45. The Kier molecular flexibility index (Phi) is 2.97. The summed E-state index contributed by atoms with van der Waals surface area (Å²) in [6.07, 6.45) is 0.261. The standard InChI is InChI=1S/C15H19NO3/c1-15(2)12(19-11-7-4-3-5-8-11)13(17)16-9-6-10-18-14(15)16/h3-5,7-8,12,14H,6,9-10H2,1-2H3/t12-,14-/m1/s1. The smallest absolute Gasteiger partial charge is 0.266 e. The molecule has 2 fully saturated rings. The minimum absolute atomic E-state index is 0.0403. The maximum atomic E-state index is 12.5. The Morgan fingerprint density at radius 3 is 2.74 bits per heavy atom. The predicted octanol–water partition coefficient (Wildman–Crippen LogP) is 2.05. The quantitative estimate of drug-likeness (QED) is 0.818. The number of hydrogen-bond acceptors (Lipinski definition) is 3. The zero-order chi connectivity index (χ0) is 13.5. The molecule has 0 spiro atoms. The zero-order valence-corrected chi connectivity index (χ0v) is 11.3. The van der Waals surface area contributed by atoms with E-state index in [2.05, 4.69) is 0 Å². The van der Waals surface area contributed by atoms with Gasteiger partial charge in [-0.25, -0.2) is 0 Å². The Hall–Kier alpha value is -1.55. The first-order chi connectivity index (χ1) is 9.10. The molecule has 102 valence electrons. The Balaban J connectivity index is 1.86. The van der Waals surface area contributed by atoms with Gasteiger partial charge in [0.15, 0.2) is 6.10 Å². The summed E-state index contributed by atoms with van der Waals surface area (Å²) in [5, 5.41) is 0. The molecule has 0 unspecified atom stereocenters. The molecule has 0 N–H and O–H groups in total. The molecular weight excluding hydrogens is 242 g/mol. The van der Waals surface area contributed by atoms with Crippen LogP contribution in [0.3, 0.4) is 0 Å². The van der Waals surface area contributed by atoms with Gasteiger partial charge in [0.25, 0.3) is 5.91 Å². The Morgan fingerprint density at radius 2 is 2.05 bits per heavy atom. The molecule has 0 saturated carbocycles. The van der Waals surface area contributed by atoms with Crippen molar-refractivity contribution in [1.29, 1.82) is 0 Å². The van der Waals surface area contributed by atoms with Crippen molar-refractivity contribution in [2.24, 2.45) is 5.41 Å². The van der Waals surface area contributed by atoms with E-state index >= 15 is 0 Å². The second kappa shape index (κ2) is 4.53. The van der Waals surface area contributed by atoms with E-state index in [0.717, 1.165) is 25.3 Å². The van der Waals surface area contributed by atoms with E-state index in [1.54, 1.807) is 0 Å². The van der Waals surface area contributed by atoms with E-state index in [9.17, 15) is 4.79 Å². The number of benzene rings is 1. The molecular formula is C15H19NO3. The van der Waals surface area contributed by atoms with Crippen LogP contribution in [0.5, 0.6) is 5.75 Å². The zero-order valence-electron chi connectivity index (χ0n) is 11.3. The molecule has 2 heterocycles. The molecule has 4 nitrogen and oxygen atoms in total. The topological polar surface area (TPSA) is 38.8 Å². The van der Waals surface area contributed by atoms with E-state index in [1.165, 1.54) is 0 Å². The van der Waals surface area contributed by atoms with Gasteiger partial charge in [-0.05, 0) is 18.6 Å². The summed E-state index contributed by atoms with van der Waals surface area (Å²) in [5.41, 5.74) is -0.340. The highest BCUT2D eigenvalue weighted by molar-refractivity contribution is 5.85. The number of rotatable bonds is 2. The van der Waals surface area contributed by atoms with E-state index in [-0.39, 0.29) is 17.6 Å². The lowest BCUT2D eigenvalue weighted by molar-refractivity contribution is -0.148. The fraction of sp³-hybridized carbons (Fsp3) is 0.533. The summed E-state index contributed by atoms with van der Waals surface area (Å²) >= 11 is 0. The van der Waals surface area contributed by atoms with E-state index in [4.69, 9.17) is 9.47 Å². The summed E-state index contributed by atoms with van der Waals surface area (Å²) in [4.78, 5) is 14.3. The van der Waals surface area contributed by atoms with Gasteiger partial charge >= 0.3 is 0 Å². The monoisotopic (exact) mass is 261 g/mol. The Morgan fingerprint density at radius 1 is 1.32 bits per heavy atom. The fourth-order valence-corrected chi connectivity index (χ4v) is 2.92. The van der Waals surface area contributed by atoms with Gasteiger partial charge in [-0.15, -0.1) is 0 Å². The van der Waals surface area contributed by atoms with Crippen molar-refractivity contribution in [2.75, 3.05) is 13.2 Å². The fourth-order valence-electron chi connectivity index (χ4n) is 2.92. The number of para-hydroxylation sites is 1. The van der Waals surface area contributed by atoms with Crippen molar-refractivity contribution < 1.29 is 14.3 Å². The lowest BCUT2D eigenvalue weighted by atomic mass is 9.87. The molecule has 0 bridgehead atoms. The van der Waals surface area contributed by atoms with Gasteiger partial charge in [0.2, 0.25) is 0 Å². The summed E-state index contributed by atoms with van der Waals surface area (Å²) < 4.78 is 11.7. The summed E-state index contributed by atoms with van der Waals surface area (Å²) in [6.45, 7) is 5.56. The second-order valence-corrected chi connectivity index (χ2v) is 5.74. The minimum Gasteiger partial charge on any atom is -0.480 e. The van der Waals surface area contributed by atoms with Crippen molar-refractivity contribution in [2.45, 2.75) is 32.6 Å². The summed E-state index contributed by atoms with van der Waals surface area (Å²) in [5.74, 6) is 0.771. The molecule has 4 heteroatoms. The maximum Gasteiger partial charge on any atom is 0.266 e.